The first-order chi connectivity index (χ1) is 9.52. The van der Waals surface area contributed by atoms with E-state index in [2.05, 4.69) is 18.7 Å². The molecule has 0 amide bonds. The van der Waals surface area contributed by atoms with Gasteiger partial charge in [-0.3, -0.25) is 9.69 Å². The number of aromatic hydroxyl groups is 1. The zero-order chi connectivity index (χ0) is 14.7. The first-order valence-electron chi connectivity index (χ1n) is 7.30. The van der Waals surface area contributed by atoms with E-state index in [1.54, 1.807) is 12.1 Å². The Hall–Kier alpha value is -1.55. The summed E-state index contributed by atoms with van der Waals surface area (Å²) in [6.07, 6.45) is 2.41. The maximum atomic E-state index is 11.1. The molecule has 1 aliphatic rings. The van der Waals surface area contributed by atoms with Gasteiger partial charge in [0.25, 0.3) is 0 Å². The van der Waals surface area contributed by atoms with Crippen molar-refractivity contribution in [3.8, 4) is 5.75 Å². The van der Waals surface area contributed by atoms with Crippen molar-refractivity contribution in [1.29, 1.82) is 0 Å². The second-order valence-electron chi connectivity index (χ2n) is 5.66. The highest BCUT2D eigenvalue weighted by Gasteiger charge is 2.33. The van der Waals surface area contributed by atoms with Crippen molar-refractivity contribution >= 4 is 5.97 Å². The Morgan fingerprint density at radius 2 is 2.05 bits per heavy atom. The van der Waals surface area contributed by atoms with Gasteiger partial charge in [0, 0.05) is 12.1 Å². The summed E-state index contributed by atoms with van der Waals surface area (Å²) in [5, 5.41) is 18.5. The lowest BCUT2D eigenvalue weighted by atomic mass is 9.89. The molecule has 1 heterocycles. The molecular weight excluding hydrogens is 254 g/mol. The molecule has 20 heavy (non-hydrogen) atoms. The fourth-order valence-electron chi connectivity index (χ4n) is 3.24. The standard InChI is InChI=1S/C16H23NO3/c1-3-15(12-4-6-14(18)7-5-12)17-9-8-13(16(19)20)10-11(17)2/h4-7,11,13,15,18H,3,8-10H2,1-2H3,(H,19,20). The lowest BCUT2D eigenvalue weighted by molar-refractivity contribution is -0.144. The molecule has 0 aromatic heterocycles. The molecule has 1 aromatic carbocycles. The summed E-state index contributed by atoms with van der Waals surface area (Å²) in [4.78, 5) is 13.5. The lowest BCUT2D eigenvalue weighted by Crippen LogP contribution is -2.44. The van der Waals surface area contributed by atoms with Crippen molar-refractivity contribution in [2.45, 2.75) is 45.2 Å². The molecule has 3 unspecified atom stereocenters. The van der Waals surface area contributed by atoms with E-state index >= 15 is 0 Å². The van der Waals surface area contributed by atoms with Gasteiger partial charge in [-0.05, 0) is 50.4 Å². The van der Waals surface area contributed by atoms with Crippen LogP contribution in [0.5, 0.6) is 5.75 Å². The van der Waals surface area contributed by atoms with Crippen LogP contribution in [0.3, 0.4) is 0 Å². The van der Waals surface area contributed by atoms with Crippen LogP contribution in [0.2, 0.25) is 0 Å². The Morgan fingerprint density at radius 1 is 1.40 bits per heavy atom. The highest BCUT2D eigenvalue weighted by Crippen LogP contribution is 2.33. The summed E-state index contributed by atoms with van der Waals surface area (Å²) in [5.41, 5.74) is 1.19. The first-order valence-corrected chi connectivity index (χ1v) is 7.30. The Labute approximate surface area is 120 Å². The summed E-state index contributed by atoms with van der Waals surface area (Å²) in [7, 11) is 0. The van der Waals surface area contributed by atoms with Crippen molar-refractivity contribution in [2.24, 2.45) is 5.92 Å². The van der Waals surface area contributed by atoms with Gasteiger partial charge in [0.1, 0.15) is 5.75 Å². The molecule has 110 valence electrons. The maximum absolute atomic E-state index is 11.1. The van der Waals surface area contributed by atoms with E-state index in [0.29, 0.717) is 18.9 Å². The molecule has 4 nitrogen and oxygen atoms in total. The first kappa shape index (κ1) is 14.9. The minimum absolute atomic E-state index is 0.210. The Kier molecular flexibility index (Phi) is 4.65. The molecule has 3 atom stereocenters. The molecule has 1 aliphatic heterocycles. The summed E-state index contributed by atoms with van der Waals surface area (Å²) < 4.78 is 0. The number of nitrogens with zero attached hydrogens (tertiary/aromatic N) is 1. The van der Waals surface area contributed by atoms with E-state index in [4.69, 9.17) is 5.11 Å². The number of piperidine rings is 1. The van der Waals surface area contributed by atoms with E-state index in [-0.39, 0.29) is 17.7 Å². The summed E-state index contributed by atoms with van der Waals surface area (Å²) in [6, 6.07) is 7.90. The molecule has 2 N–H and O–H groups in total. The predicted octanol–water partition coefficient (Wildman–Crippen LogP) is 3.03. The van der Waals surface area contributed by atoms with Crippen molar-refractivity contribution in [2.75, 3.05) is 6.54 Å². The number of phenols is 1. The zero-order valence-corrected chi connectivity index (χ0v) is 12.1. The van der Waals surface area contributed by atoms with Crippen molar-refractivity contribution in [3.05, 3.63) is 29.8 Å². The van der Waals surface area contributed by atoms with E-state index in [9.17, 15) is 9.90 Å². The number of hydrogen-bond acceptors (Lipinski definition) is 3. The van der Waals surface area contributed by atoms with Crippen molar-refractivity contribution in [3.63, 3.8) is 0 Å². The van der Waals surface area contributed by atoms with E-state index < -0.39 is 5.97 Å². The van der Waals surface area contributed by atoms with Gasteiger partial charge >= 0.3 is 5.97 Å². The number of phenolic OH excluding ortho intramolecular Hbond substituents is 1. The van der Waals surface area contributed by atoms with Crippen LogP contribution in [-0.2, 0) is 4.79 Å². The van der Waals surface area contributed by atoms with Crippen LogP contribution >= 0.6 is 0 Å². The molecule has 0 radical (unpaired) electrons. The quantitative estimate of drug-likeness (QED) is 0.888. The number of rotatable bonds is 4. The number of carbonyl (C=O) groups is 1. The van der Waals surface area contributed by atoms with Gasteiger partial charge in [0.15, 0.2) is 0 Å². The van der Waals surface area contributed by atoms with Gasteiger partial charge < -0.3 is 10.2 Å². The maximum Gasteiger partial charge on any atom is 0.306 e. The fraction of sp³-hybridized carbons (Fsp3) is 0.562. The van der Waals surface area contributed by atoms with Gasteiger partial charge in [-0.15, -0.1) is 0 Å². The Morgan fingerprint density at radius 3 is 2.55 bits per heavy atom. The number of benzene rings is 1. The van der Waals surface area contributed by atoms with Crippen LogP contribution in [0.15, 0.2) is 24.3 Å². The molecule has 0 saturated carbocycles. The topological polar surface area (TPSA) is 60.8 Å². The van der Waals surface area contributed by atoms with E-state index in [1.165, 1.54) is 5.56 Å². The SMILES string of the molecule is CCC(c1ccc(O)cc1)N1CCC(C(=O)O)CC1C. The van der Waals surface area contributed by atoms with Crippen molar-refractivity contribution < 1.29 is 15.0 Å². The average molecular weight is 277 g/mol. The van der Waals surface area contributed by atoms with Crippen LogP contribution < -0.4 is 0 Å². The summed E-state index contributed by atoms with van der Waals surface area (Å²) >= 11 is 0. The molecule has 0 aliphatic carbocycles. The number of likely N-dealkylation sites (tertiary alicyclic amines) is 1. The summed E-state index contributed by atoms with van der Waals surface area (Å²) in [6.45, 7) is 5.07. The molecular formula is C16H23NO3. The molecule has 1 fully saturated rings. The lowest BCUT2D eigenvalue weighted by Gasteiger charge is -2.41. The number of aliphatic carboxylic acids is 1. The third kappa shape index (κ3) is 3.12. The predicted molar refractivity (Wildman–Crippen MR) is 77.7 cm³/mol. The second-order valence-corrected chi connectivity index (χ2v) is 5.66. The molecule has 1 saturated heterocycles. The molecule has 2 rings (SSSR count). The minimum atomic E-state index is -0.672. The van der Waals surface area contributed by atoms with Crippen LogP contribution in [0, 0.1) is 5.92 Å². The Bertz CT molecular complexity index is 457. The molecule has 0 spiro atoms. The van der Waals surface area contributed by atoms with Gasteiger partial charge in [-0.1, -0.05) is 19.1 Å². The largest absolute Gasteiger partial charge is 0.508 e. The van der Waals surface area contributed by atoms with E-state index in [1.807, 2.05) is 12.1 Å². The third-order valence-corrected chi connectivity index (χ3v) is 4.34. The van der Waals surface area contributed by atoms with Crippen LogP contribution in [0.1, 0.15) is 44.7 Å². The Balaban J connectivity index is 2.12. The van der Waals surface area contributed by atoms with Gasteiger partial charge in [-0.2, -0.15) is 0 Å². The minimum Gasteiger partial charge on any atom is -0.508 e. The molecule has 1 aromatic rings. The van der Waals surface area contributed by atoms with E-state index in [0.717, 1.165) is 13.0 Å². The second kappa shape index (κ2) is 6.27. The monoisotopic (exact) mass is 277 g/mol. The van der Waals surface area contributed by atoms with Crippen LogP contribution in [0.25, 0.3) is 0 Å². The van der Waals surface area contributed by atoms with Crippen molar-refractivity contribution in [1.82, 2.24) is 4.90 Å². The zero-order valence-electron chi connectivity index (χ0n) is 12.1. The highest BCUT2D eigenvalue weighted by molar-refractivity contribution is 5.70. The normalized spacial score (nSPS) is 25.3. The third-order valence-electron chi connectivity index (χ3n) is 4.34. The number of carboxylic acid groups (broad SMARTS) is 1. The summed E-state index contributed by atoms with van der Waals surface area (Å²) in [5.74, 6) is -0.603. The number of carboxylic acids is 1. The molecule has 0 bridgehead atoms. The van der Waals surface area contributed by atoms with Crippen LogP contribution in [-0.4, -0.2) is 33.7 Å². The van der Waals surface area contributed by atoms with Gasteiger partial charge in [0.2, 0.25) is 0 Å². The van der Waals surface area contributed by atoms with Crippen LogP contribution in [0.4, 0.5) is 0 Å². The molecule has 4 heteroatoms. The van der Waals surface area contributed by atoms with Gasteiger partial charge in [-0.25, -0.2) is 0 Å². The average Bonchev–Trinajstić information content (AvgIpc) is 2.43. The van der Waals surface area contributed by atoms with Gasteiger partial charge in [0.05, 0.1) is 5.92 Å². The smallest absolute Gasteiger partial charge is 0.306 e. The highest BCUT2D eigenvalue weighted by atomic mass is 16.4. The number of hydrogen-bond donors (Lipinski definition) is 2. The fourth-order valence-corrected chi connectivity index (χ4v) is 3.24.